The molecule has 0 aromatic rings. The zero-order chi connectivity index (χ0) is 14.8. The maximum atomic E-state index is 11.5. The second-order valence-electron chi connectivity index (χ2n) is 5.66. The van der Waals surface area contributed by atoms with Gasteiger partial charge in [0, 0.05) is 6.54 Å². The Kier molecular flexibility index (Phi) is 5.64. The van der Waals surface area contributed by atoms with E-state index in [1.54, 1.807) is 0 Å². The molecule has 0 bridgehead atoms. The molecule has 7 heteroatoms. The minimum absolute atomic E-state index is 0.232. The van der Waals surface area contributed by atoms with Crippen LogP contribution in [0.1, 0.15) is 33.6 Å². The van der Waals surface area contributed by atoms with Crippen LogP contribution in [0.5, 0.6) is 0 Å². The normalized spacial score (nSPS) is 27.3. The van der Waals surface area contributed by atoms with Gasteiger partial charge in [-0.25, -0.2) is 4.79 Å². The zero-order valence-corrected chi connectivity index (χ0v) is 13.6. The summed E-state index contributed by atoms with van der Waals surface area (Å²) in [5.41, 5.74) is 0.232. The molecule has 0 aromatic heterocycles. The standard InChI is InChI=1S/C12H21Cl3N2O2/c1-4-7-5-8(11(7,2)3)6-16-10(19)17-9(18)12(13,14)15/h7-9,18H,4-6H2,1-3H3,(H2,16,17,19)/t7-,8+,9+/m0/s1. The summed E-state index contributed by atoms with van der Waals surface area (Å²) < 4.78 is -1.93. The van der Waals surface area contributed by atoms with E-state index < -0.39 is 16.1 Å². The third kappa shape index (κ3) is 4.28. The van der Waals surface area contributed by atoms with Crippen LogP contribution in [-0.4, -0.2) is 27.7 Å². The van der Waals surface area contributed by atoms with Gasteiger partial charge in [-0.2, -0.15) is 0 Å². The van der Waals surface area contributed by atoms with Crippen molar-refractivity contribution in [3.8, 4) is 0 Å². The molecule has 1 aliphatic carbocycles. The number of nitrogens with one attached hydrogen (secondary N) is 2. The molecule has 1 aliphatic rings. The molecular formula is C12H21Cl3N2O2. The van der Waals surface area contributed by atoms with E-state index in [0.717, 1.165) is 12.8 Å². The third-order valence-corrected chi connectivity index (χ3v) is 4.87. The van der Waals surface area contributed by atoms with E-state index in [1.165, 1.54) is 0 Å². The van der Waals surface area contributed by atoms with Gasteiger partial charge in [0.05, 0.1) is 0 Å². The van der Waals surface area contributed by atoms with Crippen molar-refractivity contribution < 1.29 is 9.90 Å². The minimum Gasteiger partial charge on any atom is -0.369 e. The summed E-state index contributed by atoms with van der Waals surface area (Å²) in [6, 6.07) is -0.533. The first kappa shape index (κ1) is 17.2. The van der Waals surface area contributed by atoms with E-state index >= 15 is 0 Å². The number of carbonyl (C=O) groups excluding carboxylic acids is 1. The molecular weight excluding hydrogens is 311 g/mol. The number of halogens is 3. The molecule has 1 saturated carbocycles. The molecule has 0 aliphatic heterocycles. The Morgan fingerprint density at radius 1 is 1.42 bits per heavy atom. The van der Waals surface area contributed by atoms with Crippen molar-refractivity contribution >= 4 is 40.8 Å². The smallest absolute Gasteiger partial charge is 0.316 e. The summed E-state index contributed by atoms with van der Waals surface area (Å²) in [5, 5.41) is 14.3. The van der Waals surface area contributed by atoms with Crippen LogP contribution in [0, 0.1) is 17.3 Å². The molecule has 0 saturated heterocycles. The average Bonchev–Trinajstić information content (AvgIpc) is 2.26. The van der Waals surface area contributed by atoms with Gasteiger partial charge in [0.1, 0.15) is 0 Å². The van der Waals surface area contributed by atoms with E-state index in [2.05, 4.69) is 31.4 Å². The Hall–Kier alpha value is 0.1000. The first-order valence-corrected chi connectivity index (χ1v) is 7.51. The van der Waals surface area contributed by atoms with Crippen molar-refractivity contribution in [3.05, 3.63) is 0 Å². The monoisotopic (exact) mass is 330 g/mol. The van der Waals surface area contributed by atoms with Crippen LogP contribution in [0.25, 0.3) is 0 Å². The molecule has 0 spiro atoms. The fraction of sp³-hybridized carbons (Fsp3) is 0.917. The topological polar surface area (TPSA) is 61.4 Å². The number of amides is 2. The number of aliphatic hydroxyl groups is 1. The lowest BCUT2D eigenvalue weighted by Crippen LogP contribution is -2.53. The summed E-state index contributed by atoms with van der Waals surface area (Å²) in [5.74, 6) is 1.14. The van der Waals surface area contributed by atoms with E-state index in [9.17, 15) is 9.90 Å². The van der Waals surface area contributed by atoms with Crippen molar-refractivity contribution in [2.24, 2.45) is 17.3 Å². The molecule has 1 rings (SSSR count). The summed E-state index contributed by atoms with van der Waals surface area (Å²) >= 11 is 16.4. The first-order chi connectivity index (χ1) is 8.59. The van der Waals surface area contributed by atoms with Crippen LogP contribution < -0.4 is 10.6 Å². The quantitative estimate of drug-likeness (QED) is 0.548. The van der Waals surface area contributed by atoms with E-state index in [-0.39, 0.29) is 5.41 Å². The number of hydrogen-bond acceptors (Lipinski definition) is 2. The average molecular weight is 332 g/mol. The van der Waals surface area contributed by atoms with Crippen LogP contribution in [0.15, 0.2) is 0 Å². The van der Waals surface area contributed by atoms with Gasteiger partial charge in [0.2, 0.25) is 3.79 Å². The van der Waals surface area contributed by atoms with Gasteiger partial charge in [0.15, 0.2) is 6.23 Å². The molecule has 4 nitrogen and oxygen atoms in total. The number of rotatable bonds is 4. The molecule has 3 N–H and O–H groups in total. The maximum Gasteiger partial charge on any atom is 0.316 e. The predicted octanol–water partition coefficient (Wildman–Crippen LogP) is 3.05. The minimum atomic E-state index is -1.93. The molecule has 0 heterocycles. The lowest BCUT2D eigenvalue weighted by molar-refractivity contribution is -0.0197. The van der Waals surface area contributed by atoms with Crippen LogP contribution in [0.2, 0.25) is 0 Å². The Labute approximate surface area is 129 Å². The van der Waals surface area contributed by atoms with Crippen LogP contribution in [0.4, 0.5) is 4.79 Å². The van der Waals surface area contributed by atoms with E-state index in [4.69, 9.17) is 34.8 Å². The third-order valence-electron chi connectivity index (χ3n) is 4.25. The fourth-order valence-corrected chi connectivity index (χ4v) is 2.80. The largest absolute Gasteiger partial charge is 0.369 e. The summed E-state index contributed by atoms with van der Waals surface area (Å²) in [6.45, 7) is 7.16. The van der Waals surface area contributed by atoms with E-state index in [0.29, 0.717) is 18.4 Å². The number of urea groups is 1. The van der Waals surface area contributed by atoms with Crippen molar-refractivity contribution in [1.29, 1.82) is 0 Å². The highest BCUT2D eigenvalue weighted by atomic mass is 35.6. The maximum absolute atomic E-state index is 11.5. The van der Waals surface area contributed by atoms with Gasteiger partial charge in [-0.1, -0.05) is 62.0 Å². The second kappa shape index (κ2) is 6.25. The lowest BCUT2D eigenvalue weighted by atomic mass is 9.54. The molecule has 0 unspecified atom stereocenters. The highest BCUT2D eigenvalue weighted by Gasteiger charge is 2.46. The Bertz CT molecular complexity index is 331. The second-order valence-corrected chi connectivity index (χ2v) is 8.03. The van der Waals surface area contributed by atoms with Gasteiger partial charge in [-0.3, -0.25) is 0 Å². The summed E-state index contributed by atoms with van der Waals surface area (Å²) in [7, 11) is 0. The van der Waals surface area contributed by atoms with Crippen molar-refractivity contribution in [2.45, 2.75) is 43.6 Å². The predicted molar refractivity (Wildman–Crippen MR) is 78.5 cm³/mol. The zero-order valence-electron chi connectivity index (χ0n) is 11.3. The van der Waals surface area contributed by atoms with Crippen LogP contribution >= 0.6 is 34.8 Å². The highest BCUT2D eigenvalue weighted by molar-refractivity contribution is 6.68. The van der Waals surface area contributed by atoms with Crippen molar-refractivity contribution in [1.82, 2.24) is 10.6 Å². The van der Waals surface area contributed by atoms with Crippen molar-refractivity contribution in [3.63, 3.8) is 0 Å². The molecule has 19 heavy (non-hydrogen) atoms. The summed E-state index contributed by atoms with van der Waals surface area (Å²) in [6.07, 6.45) is 0.730. The van der Waals surface area contributed by atoms with Gasteiger partial charge >= 0.3 is 6.03 Å². The molecule has 0 aromatic carbocycles. The van der Waals surface area contributed by atoms with Gasteiger partial charge in [-0.05, 0) is 23.7 Å². The number of alkyl halides is 3. The fourth-order valence-electron chi connectivity index (χ4n) is 2.64. The van der Waals surface area contributed by atoms with E-state index in [1.807, 2.05) is 0 Å². The lowest BCUT2D eigenvalue weighted by Gasteiger charge is -2.52. The Morgan fingerprint density at radius 3 is 2.42 bits per heavy atom. The highest BCUT2D eigenvalue weighted by Crippen LogP contribution is 2.52. The van der Waals surface area contributed by atoms with Crippen molar-refractivity contribution in [2.75, 3.05) is 6.54 Å². The summed E-state index contributed by atoms with van der Waals surface area (Å²) in [4.78, 5) is 11.5. The molecule has 3 atom stereocenters. The van der Waals surface area contributed by atoms with Crippen LogP contribution in [0.3, 0.4) is 0 Å². The molecule has 1 fully saturated rings. The Morgan fingerprint density at radius 2 is 2.00 bits per heavy atom. The van der Waals surface area contributed by atoms with Gasteiger partial charge in [-0.15, -0.1) is 0 Å². The SMILES string of the molecule is CC[C@H]1C[C@H](CNC(=O)N[C@H](O)C(Cl)(Cl)Cl)C1(C)C. The molecule has 2 amide bonds. The molecule has 0 radical (unpaired) electrons. The number of aliphatic hydroxyl groups excluding tert-OH is 1. The Balaban J connectivity index is 2.33. The van der Waals surface area contributed by atoms with Gasteiger partial charge in [0.25, 0.3) is 0 Å². The van der Waals surface area contributed by atoms with Gasteiger partial charge < -0.3 is 15.7 Å². The van der Waals surface area contributed by atoms with Crippen LogP contribution in [-0.2, 0) is 0 Å². The number of carbonyl (C=O) groups is 1. The number of hydrogen-bond donors (Lipinski definition) is 3. The first-order valence-electron chi connectivity index (χ1n) is 6.38. The molecule has 112 valence electrons.